The zero-order chi connectivity index (χ0) is 15.5. The highest BCUT2D eigenvalue weighted by Crippen LogP contribution is 2.40. The van der Waals surface area contributed by atoms with Crippen LogP contribution in [0.4, 0.5) is 0 Å². The molecule has 2 rings (SSSR count). The average molecular weight is 295 g/mol. The Morgan fingerprint density at radius 1 is 1.10 bits per heavy atom. The van der Waals surface area contributed by atoms with Crippen LogP contribution in [0.3, 0.4) is 0 Å². The third kappa shape index (κ3) is 4.45. The predicted octanol–water partition coefficient (Wildman–Crippen LogP) is 4.30. The van der Waals surface area contributed by atoms with Gasteiger partial charge in [0.2, 0.25) is 0 Å². The van der Waals surface area contributed by atoms with Crippen molar-refractivity contribution in [1.29, 1.82) is 0 Å². The van der Waals surface area contributed by atoms with E-state index in [1.807, 2.05) is 0 Å². The molecule has 1 N–H and O–H groups in total. The van der Waals surface area contributed by atoms with Gasteiger partial charge in [-0.2, -0.15) is 0 Å². The number of rotatable bonds is 5. The fourth-order valence-electron chi connectivity index (χ4n) is 4.64. The van der Waals surface area contributed by atoms with Crippen LogP contribution < -0.4 is 5.32 Å². The van der Waals surface area contributed by atoms with Gasteiger partial charge in [0, 0.05) is 18.6 Å². The maximum Gasteiger partial charge on any atom is 0.0252 e. The van der Waals surface area contributed by atoms with Gasteiger partial charge in [0.05, 0.1) is 0 Å². The number of likely N-dealkylation sites (tertiary alicyclic amines) is 1. The number of nitrogens with one attached hydrogen (secondary N) is 1. The van der Waals surface area contributed by atoms with Gasteiger partial charge in [-0.15, -0.1) is 0 Å². The molecule has 0 aromatic carbocycles. The van der Waals surface area contributed by atoms with Crippen molar-refractivity contribution in [1.82, 2.24) is 10.2 Å². The molecule has 2 heteroatoms. The molecule has 0 bridgehead atoms. The monoisotopic (exact) mass is 294 g/mol. The molecule has 1 aliphatic carbocycles. The van der Waals surface area contributed by atoms with Gasteiger partial charge in [0.15, 0.2) is 0 Å². The third-order valence-electron chi connectivity index (χ3n) is 5.99. The van der Waals surface area contributed by atoms with Crippen molar-refractivity contribution in [3.63, 3.8) is 0 Å². The van der Waals surface area contributed by atoms with Crippen LogP contribution >= 0.6 is 0 Å². The summed E-state index contributed by atoms with van der Waals surface area (Å²) in [5.41, 5.74) is 0.470. The van der Waals surface area contributed by atoms with Crippen LogP contribution in [-0.2, 0) is 0 Å². The Morgan fingerprint density at radius 3 is 2.48 bits per heavy atom. The van der Waals surface area contributed by atoms with E-state index in [0.717, 1.165) is 30.5 Å². The van der Waals surface area contributed by atoms with Gasteiger partial charge < -0.3 is 5.32 Å². The van der Waals surface area contributed by atoms with Crippen molar-refractivity contribution < 1.29 is 0 Å². The number of hydrogen-bond acceptors (Lipinski definition) is 2. The second kappa shape index (κ2) is 7.46. The normalized spacial score (nSPS) is 35.3. The largest absolute Gasteiger partial charge is 0.313 e. The van der Waals surface area contributed by atoms with Gasteiger partial charge in [-0.1, -0.05) is 41.0 Å². The fraction of sp³-hybridized carbons (Fsp3) is 1.00. The predicted molar refractivity (Wildman–Crippen MR) is 92.6 cm³/mol. The number of likely N-dealkylation sites (N-methyl/N-ethyl adjacent to an activating group) is 1. The molecule has 1 aliphatic heterocycles. The highest BCUT2D eigenvalue weighted by molar-refractivity contribution is 4.96. The van der Waals surface area contributed by atoms with Crippen molar-refractivity contribution in [2.24, 2.45) is 17.3 Å². The first kappa shape index (κ1) is 17.3. The zero-order valence-corrected chi connectivity index (χ0v) is 15.1. The molecule has 2 aliphatic rings. The van der Waals surface area contributed by atoms with Crippen molar-refractivity contribution in [2.45, 2.75) is 85.2 Å². The average Bonchev–Trinajstić information content (AvgIpc) is 2.87. The summed E-state index contributed by atoms with van der Waals surface area (Å²) in [6.45, 7) is 15.7. The molecule has 1 saturated carbocycles. The lowest BCUT2D eigenvalue weighted by Crippen LogP contribution is -2.53. The highest BCUT2D eigenvalue weighted by atomic mass is 15.2. The molecule has 0 amide bonds. The highest BCUT2D eigenvalue weighted by Gasteiger charge is 2.40. The van der Waals surface area contributed by atoms with E-state index in [4.69, 9.17) is 0 Å². The van der Waals surface area contributed by atoms with Crippen LogP contribution in [0.25, 0.3) is 0 Å². The lowest BCUT2D eigenvalue weighted by atomic mass is 9.69. The summed E-state index contributed by atoms with van der Waals surface area (Å²) in [6, 6.07) is 1.51. The molecule has 1 saturated heterocycles. The third-order valence-corrected chi connectivity index (χ3v) is 5.99. The molecule has 0 spiro atoms. The minimum absolute atomic E-state index is 0.470. The molecule has 4 atom stereocenters. The molecule has 2 nitrogen and oxygen atoms in total. The molecule has 124 valence electrons. The van der Waals surface area contributed by atoms with Crippen molar-refractivity contribution in [2.75, 3.05) is 19.6 Å². The summed E-state index contributed by atoms with van der Waals surface area (Å²) >= 11 is 0. The topological polar surface area (TPSA) is 15.3 Å². The summed E-state index contributed by atoms with van der Waals surface area (Å²) in [7, 11) is 0. The van der Waals surface area contributed by atoms with Crippen molar-refractivity contribution in [3.05, 3.63) is 0 Å². The zero-order valence-electron chi connectivity index (χ0n) is 15.1. The molecule has 1 heterocycles. The Bertz CT molecular complexity index is 307. The van der Waals surface area contributed by atoms with Crippen LogP contribution in [0.15, 0.2) is 0 Å². The SMILES string of the molecule is CCCC1CCN(C2CC(C(C)(C)C)CCC2NCC)C1. The van der Waals surface area contributed by atoms with E-state index in [1.165, 1.54) is 51.6 Å². The summed E-state index contributed by atoms with van der Waals surface area (Å²) in [5.74, 6) is 1.86. The molecule has 21 heavy (non-hydrogen) atoms. The molecule has 4 unspecified atom stereocenters. The van der Waals surface area contributed by atoms with E-state index in [2.05, 4.69) is 44.8 Å². The number of hydrogen-bond donors (Lipinski definition) is 1. The van der Waals surface area contributed by atoms with Crippen LogP contribution in [0.5, 0.6) is 0 Å². The summed E-state index contributed by atoms with van der Waals surface area (Å²) in [5, 5.41) is 3.79. The van der Waals surface area contributed by atoms with E-state index in [1.54, 1.807) is 0 Å². The molecular formula is C19H38N2. The second-order valence-electron chi connectivity index (χ2n) is 8.55. The second-order valence-corrected chi connectivity index (χ2v) is 8.55. The smallest absolute Gasteiger partial charge is 0.0252 e. The Kier molecular flexibility index (Phi) is 6.14. The number of nitrogens with zero attached hydrogens (tertiary/aromatic N) is 1. The standard InChI is InChI=1S/C19H38N2/c1-6-8-15-11-12-21(14-15)18-13-16(19(3,4)5)9-10-17(18)20-7-2/h15-18,20H,6-14H2,1-5H3. The molecule has 0 aromatic rings. The van der Waals surface area contributed by atoms with E-state index in [-0.39, 0.29) is 0 Å². The van der Waals surface area contributed by atoms with E-state index < -0.39 is 0 Å². The van der Waals surface area contributed by atoms with Crippen LogP contribution in [0.2, 0.25) is 0 Å². The van der Waals surface area contributed by atoms with Gasteiger partial charge in [-0.3, -0.25) is 4.90 Å². The summed E-state index contributed by atoms with van der Waals surface area (Å²) in [4.78, 5) is 2.84. The van der Waals surface area contributed by atoms with Crippen molar-refractivity contribution >= 4 is 0 Å². The Balaban J connectivity index is 2.01. The van der Waals surface area contributed by atoms with Gasteiger partial charge in [0.25, 0.3) is 0 Å². The van der Waals surface area contributed by atoms with Crippen LogP contribution in [-0.4, -0.2) is 36.6 Å². The Hall–Kier alpha value is -0.0800. The molecule has 0 aromatic heterocycles. The first-order valence-corrected chi connectivity index (χ1v) is 9.43. The van der Waals surface area contributed by atoms with E-state index in [9.17, 15) is 0 Å². The van der Waals surface area contributed by atoms with Gasteiger partial charge >= 0.3 is 0 Å². The first-order chi connectivity index (χ1) is 9.95. The molecular weight excluding hydrogens is 256 g/mol. The molecule has 0 radical (unpaired) electrons. The summed E-state index contributed by atoms with van der Waals surface area (Å²) in [6.07, 6.45) is 8.39. The summed E-state index contributed by atoms with van der Waals surface area (Å²) < 4.78 is 0. The lowest BCUT2D eigenvalue weighted by molar-refractivity contribution is 0.0696. The quantitative estimate of drug-likeness (QED) is 0.813. The fourth-order valence-corrected chi connectivity index (χ4v) is 4.64. The lowest BCUT2D eigenvalue weighted by Gasteiger charge is -2.45. The Labute approximate surface area is 133 Å². The van der Waals surface area contributed by atoms with Gasteiger partial charge in [-0.25, -0.2) is 0 Å². The first-order valence-electron chi connectivity index (χ1n) is 9.43. The maximum atomic E-state index is 3.79. The van der Waals surface area contributed by atoms with E-state index >= 15 is 0 Å². The minimum atomic E-state index is 0.470. The van der Waals surface area contributed by atoms with Crippen LogP contribution in [0, 0.1) is 17.3 Å². The van der Waals surface area contributed by atoms with Crippen molar-refractivity contribution in [3.8, 4) is 0 Å². The minimum Gasteiger partial charge on any atom is -0.313 e. The Morgan fingerprint density at radius 2 is 1.86 bits per heavy atom. The van der Waals surface area contributed by atoms with Gasteiger partial charge in [-0.05, 0) is 62.4 Å². The van der Waals surface area contributed by atoms with E-state index in [0.29, 0.717) is 5.41 Å². The van der Waals surface area contributed by atoms with Crippen LogP contribution in [0.1, 0.15) is 73.1 Å². The molecule has 2 fully saturated rings. The van der Waals surface area contributed by atoms with Gasteiger partial charge in [0.1, 0.15) is 0 Å². The maximum absolute atomic E-state index is 3.79.